The molecule has 0 atom stereocenters. The van der Waals surface area contributed by atoms with Gasteiger partial charge in [0.05, 0.1) is 0 Å². The van der Waals surface area contributed by atoms with Crippen LogP contribution in [0.4, 0.5) is 0 Å². The molecule has 0 aromatic heterocycles. The first-order valence-electron chi connectivity index (χ1n) is 7.27. The van der Waals surface area contributed by atoms with Crippen LogP contribution in [0.15, 0.2) is 54.6 Å². The van der Waals surface area contributed by atoms with Gasteiger partial charge in [-0.15, -0.1) is 0 Å². The number of rotatable bonds is 1. The molecule has 0 radical (unpaired) electrons. The Balaban J connectivity index is 1.77. The number of carbonyl (C=O) groups excluding carboxylic acids is 1. The summed E-state index contributed by atoms with van der Waals surface area (Å²) in [5.41, 5.74) is 4.02. The van der Waals surface area contributed by atoms with E-state index in [2.05, 4.69) is 24.3 Å². The first-order chi connectivity index (χ1) is 10.2. The molecular weight excluding hydrogens is 280 g/mol. The molecule has 0 saturated heterocycles. The SMILES string of the molecule is O=C1c2cc(-c3cccc(Cl)c3)ccc2CC12CC=CC2. The van der Waals surface area contributed by atoms with E-state index in [1.807, 2.05) is 30.3 Å². The lowest BCUT2D eigenvalue weighted by atomic mass is 9.81. The van der Waals surface area contributed by atoms with E-state index in [1.165, 1.54) is 5.56 Å². The zero-order valence-corrected chi connectivity index (χ0v) is 12.4. The molecule has 0 bridgehead atoms. The van der Waals surface area contributed by atoms with Gasteiger partial charge in [-0.1, -0.05) is 48.0 Å². The van der Waals surface area contributed by atoms with Crippen molar-refractivity contribution in [3.8, 4) is 11.1 Å². The molecule has 1 nitrogen and oxygen atoms in total. The molecule has 0 saturated carbocycles. The number of allylic oxidation sites excluding steroid dienone is 2. The summed E-state index contributed by atoms with van der Waals surface area (Å²) in [5.74, 6) is 0.311. The van der Waals surface area contributed by atoms with Gasteiger partial charge < -0.3 is 0 Å². The van der Waals surface area contributed by atoms with Gasteiger partial charge in [-0.05, 0) is 54.2 Å². The summed E-state index contributed by atoms with van der Waals surface area (Å²) in [5, 5.41) is 0.718. The summed E-state index contributed by atoms with van der Waals surface area (Å²) in [6.45, 7) is 0. The molecule has 2 aromatic carbocycles. The molecule has 104 valence electrons. The van der Waals surface area contributed by atoms with Crippen LogP contribution in [0.5, 0.6) is 0 Å². The predicted octanol–water partition coefficient (Wildman–Crippen LogP) is 5.08. The molecule has 2 aliphatic carbocycles. The van der Waals surface area contributed by atoms with Crippen molar-refractivity contribution in [3.05, 3.63) is 70.8 Å². The van der Waals surface area contributed by atoms with Gasteiger partial charge in [-0.3, -0.25) is 4.79 Å². The maximum Gasteiger partial charge on any atom is 0.170 e. The van der Waals surface area contributed by atoms with Crippen molar-refractivity contribution in [1.82, 2.24) is 0 Å². The topological polar surface area (TPSA) is 17.1 Å². The molecular formula is C19H15ClO. The van der Waals surface area contributed by atoms with Gasteiger partial charge in [0, 0.05) is 16.0 Å². The molecule has 1 spiro atoms. The summed E-state index contributed by atoms with van der Waals surface area (Å²) >= 11 is 6.06. The predicted molar refractivity (Wildman–Crippen MR) is 85.7 cm³/mol. The number of hydrogen-bond acceptors (Lipinski definition) is 1. The molecule has 2 heteroatoms. The van der Waals surface area contributed by atoms with E-state index in [9.17, 15) is 4.79 Å². The quantitative estimate of drug-likeness (QED) is 0.670. The Labute approximate surface area is 129 Å². The first kappa shape index (κ1) is 12.8. The van der Waals surface area contributed by atoms with Gasteiger partial charge in [-0.2, -0.15) is 0 Å². The van der Waals surface area contributed by atoms with E-state index in [0.717, 1.165) is 41.0 Å². The second kappa shape index (κ2) is 4.57. The molecule has 0 N–H and O–H groups in total. The van der Waals surface area contributed by atoms with Crippen LogP contribution in [0.1, 0.15) is 28.8 Å². The molecule has 0 amide bonds. The van der Waals surface area contributed by atoms with Crippen LogP contribution >= 0.6 is 11.6 Å². The second-order valence-corrected chi connectivity index (χ2v) is 6.48. The summed E-state index contributed by atoms with van der Waals surface area (Å²) < 4.78 is 0. The zero-order valence-electron chi connectivity index (χ0n) is 11.6. The van der Waals surface area contributed by atoms with Gasteiger partial charge in [0.2, 0.25) is 0 Å². The lowest BCUT2D eigenvalue weighted by molar-refractivity contribution is 0.0835. The van der Waals surface area contributed by atoms with E-state index in [-0.39, 0.29) is 5.41 Å². The average Bonchev–Trinajstić information content (AvgIpc) is 3.06. The molecule has 0 unspecified atom stereocenters. The third-order valence-electron chi connectivity index (χ3n) is 4.71. The monoisotopic (exact) mass is 294 g/mol. The standard InChI is InChI=1S/C19H15ClO/c20-16-5-3-4-13(10-16)14-6-7-15-12-19(8-1-2-9-19)18(21)17(15)11-14/h1-7,10-11H,8-9,12H2. The Hall–Kier alpha value is -1.86. The van der Waals surface area contributed by atoms with Crippen LogP contribution in [0.25, 0.3) is 11.1 Å². The highest BCUT2D eigenvalue weighted by Crippen LogP contribution is 2.46. The Morgan fingerprint density at radius 3 is 2.48 bits per heavy atom. The lowest BCUT2D eigenvalue weighted by Gasteiger charge is -2.19. The van der Waals surface area contributed by atoms with E-state index < -0.39 is 0 Å². The van der Waals surface area contributed by atoms with E-state index in [0.29, 0.717) is 5.78 Å². The van der Waals surface area contributed by atoms with E-state index >= 15 is 0 Å². The Morgan fingerprint density at radius 1 is 0.952 bits per heavy atom. The average molecular weight is 295 g/mol. The molecule has 0 aliphatic heterocycles. The van der Waals surface area contributed by atoms with Crippen LogP contribution in [-0.4, -0.2) is 5.78 Å². The number of hydrogen-bond donors (Lipinski definition) is 0. The van der Waals surface area contributed by atoms with Crippen molar-refractivity contribution in [1.29, 1.82) is 0 Å². The van der Waals surface area contributed by atoms with Crippen LogP contribution in [0.3, 0.4) is 0 Å². The molecule has 0 heterocycles. The van der Waals surface area contributed by atoms with Crippen molar-refractivity contribution >= 4 is 17.4 Å². The molecule has 2 aromatic rings. The van der Waals surface area contributed by atoms with Crippen LogP contribution in [0.2, 0.25) is 5.02 Å². The van der Waals surface area contributed by atoms with Gasteiger partial charge in [-0.25, -0.2) is 0 Å². The van der Waals surface area contributed by atoms with Gasteiger partial charge in [0.1, 0.15) is 0 Å². The fraction of sp³-hybridized carbons (Fsp3) is 0.211. The summed E-state index contributed by atoms with van der Waals surface area (Å²) in [4.78, 5) is 12.8. The van der Waals surface area contributed by atoms with Gasteiger partial charge in [0.25, 0.3) is 0 Å². The third-order valence-corrected chi connectivity index (χ3v) is 4.94. The highest BCUT2D eigenvalue weighted by molar-refractivity contribution is 6.30. The molecule has 4 rings (SSSR count). The zero-order chi connectivity index (χ0) is 14.4. The summed E-state index contributed by atoms with van der Waals surface area (Å²) in [6, 6.07) is 14.0. The summed E-state index contributed by atoms with van der Waals surface area (Å²) in [6.07, 6.45) is 6.92. The molecule has 0 fully saturated rings. The summed E-state index contributed by atoms with van der Waals surface area (Å²) in [7, 11) is 0. The van der Waals surface area contributed by atoms with Crippen LogP contribution < -0.4 is 0 Å². The van der Waals surface area contributed by atoms with Gasteiger partial charge in [0.15, 0.2) is 5.78 Å². The van der Waals surface area contributed by atoms with Crippen molar-refractivity contribution in [2.45, 2.75) is 19.3 Å². The minimum absolute atomic E-state index is 0.185. The fourth-order valence-corrected chi connectivity index (χ4v) is 3.74. The van der Waals surface area contributed by atoms with Crippen molar-refractivity contribution in [2.75, 3.05) is 0 Å². The largest absolute Gasteiger partial charge is 0.294 e. The highest BCUT2D eigenvalue weighted by atomic mass is 35.5. The van der Waals surface area contributed by atoms with E-state index in [1.54, 1.807) is 0 Å². The number of carbonyl (C=O) groups is 1. The minimum Gasteiger partial charge on any atom is -0.294 e. The normalized spacial score (nSPS) is 18.4. The van der Waals surface area contributed by atoms with Crippen LogP contribution in [-0.2, 0) is 6.42 Å². The lowest BCUT2D eigenvalue weighted by Crippen LogP contribution is -2.24. The molecule has 2 aliphatic rings. The second-order valence-electron chi connectivity index (χ2n) is 6.05. The van der Waals surface area contributed by atoms with Gasteiger partial charge >= 0.3 is 0 Å². The number of ketones is 1. The Bertz CT molecular complexity index is 765. The number of Topliss-reactive ketones (excluding diaryl/α,β-unsaturated/α-hetero) is 1. The number of halogens is 1. The van der Waals surface area contributed by atoms with Crippen molar-refractivity contribution in [3.63, 3.8) is 0 Å². The third kappa shape index (κ3) is 1.96. The Kier molecular flexibility index (Phi) is 2.80. The van der Waals surface area contributed by atoms with Crippen molar-refractivity contribution in [2.24, 2.45) is 5.41 Å². The minimum atomic E-state index is -0.185. The molecule has 21 heavy (non-hydrogen) atoms. The smallest absolute Gasteiger partial charge is 0.170 e. The number of fused-ring (bicyclic) bond motifs is 1. The maximum absolute atomic E-state index is 12.8. The highest BCUT2D eigenvalue weighted by Gasteiger charge is 2.45. The van der Waals surface area contributed by atoms with Crippen LogP contribution in [0, 0.1) is 5.41 Å². The Morgan fingerprint density at radius 2 is 1.71 bits per heavy atom. The number of benzene rings is 2. The first-order valence-corrected chi connectivity index (χ1v) is 7.64. The maximum atomic E-state index is 12.8. The fourth-order valence-electron chi connectivity index (χ4n) is 3.55. The van der Waals surface area contributed by atoms with Crippen molar-refractivity contribution < 1.29 is 4.79 Å². The van der Waals surface area contributed by atoms with E-state index in [4.69, 9.17) is 11.6 Å².